The summed E-state index contributed by atoms with van der Waals surface area (Å²) in [6.45, 7) is 12.0. The summed E-state index contributed by atoms with van der Waals surface area (Å²) in [4.78, 5) is 12.0. The van der Waals surface area contributed by atoms with Crippen molar-refractivity contribution in [3.8, 4) is 0 Å². The summed E-state index contributed by atoms with van der Waals surface area (Å²) in [7, 11) is 0. The largest absolute Gasteiger partial charge is 0.353 e. The minimum absolute atomic E-state index is 0.138. The molecule has 34 heavy (non-hydrogen) atoms. The van der Waals surface area contributed by atoms with Gasteiger partial charge in [0.1, 0.15) is 11.3 Å². The molecule has 8 heteroatoms. The molecule has 0 saturated carbocycles. The van der Waals surface area contributed by atoms with E-state index in [-0.39, 0.29) is 12.1 Å². The molecule has 2 atom stereocenters. The molecular weight excluding hydrogens is 492 g/mol. The van der Waals surface area contributed by atoms with Gasteiger partial charge in [-0.15, -0.1) is 0 Å². The molecule has 1 fully saturated rings. The van der Waals surface area contributed by atoms with Crippen molar-refractivity contribution < 1.29 is 4.74 Å². The van der Waals surface area contributed by atoms with Gasteiger partial charge in [-0.05, 0) is 72.3 Å². The maximum atomic E-state index is 6.30. The fraction of sp³-hybridized carbons (Fsp3) is 0.538. The van der Waals surface area contributed by atoms with E-state index in [2.05, 4.69) is 74.7 Å². The number of ether oxygens (including phenoxy) is 1. The Morgan fingerprint density at radius 2 is 1.85 bits per heavy atom. The van der Waals surface area contributed by atoms with Crippen LogP contribution in [0.1, 0.15) is 51.0 Å². The Balaban J connectivity index is 1.46. The van der Waals surface area contributed by atoms with Crippen molar-refractivity contribution in [1.82, 2.24) is 19.4 Å². The van der Waals surface area contributed by atoms with Crippen LogP contribution in [-0.4, -0.2) is 51.2 Å². The molecule has 1 saturated heterocycles. The molecule has 0 radical (unpaired) electrons. The summed E-state index contributed by atoms with van der Waals surface area (Å²) in [5, 5.41) is 3.73. The van der Waals surface area contributed by atoms with Gasteiger partial charge in [-0.25, -0.2) is 9.97 Å². The number of pyridine rings is 1. The standard InChI is InChI=1S/C26H37BrN6O/c1-17(2)21(28)15-32-13-11-20(12-14-32)29-26-31-25-18(3)7-5-9-23(25)33(26)16-34-19(4)22-8-6-10-24(27)30-22/h5-10,17,19-21H,11-16,28H2,1-4H3,(H,29,31). The lowest BCUT2D eigenvalue weighted by Crippen LogP contribution is -2.46. The molecule has 3 aromatic rings. The van der Waals surface area contributed by atoms with Gasteiger partial charge < -0.3 is 20.7 Å². The van der Waals surface area contributed by atoms with E-state index in [1.54, 1.807) is 0 Å². The number of imidazole rings is 1. The summed E-state index contributed by atoms with van der Waals surface area (Å²) in [5.74, 6) is 1.38. The van der Waals surface area contributed by atoms with Gasteiger partial charge in [0.15, 0.2) is 0 Å². The van der Waals surface area contributed by atoms with E-state index in [1.807, 2.05) is 25.1 Å². The van der Waals surface area contributed by atoms with Crippen LogP contribution in [0.4, 0.5) is 5.95 Å². The highest BCUT2D eigenvalue weighted by Crippen LogP contribution is 2.26. The van der Waals surface area contributed by atoms with Crippen LogP contribution in [-0.2, 0) is 11.5 Å². The highest BCUT2D eigenvalue weighted by atomic mass is 79.9. The Morgan fingerprint density at radius 3 is 2.56 bits per heavy atom. The van der Waals surface area contributed by atoms with Crippen molar-refractivity contribution in [1.29, 1.82) is 0 Å². The molecule has 7 nitrogen and oxygen atoms in total. The number of aryl methyl sites for hydroxylation is 1. The maximum absolute atomic E-state index is 6.30. The molecule has 0 aliphatic carbocycles. The van der Waals surface area contributed by atoms with Crippen LogP contribution in [0.2, 0.25) is 0 Å². The Hall–Kier alpha value is -2.00. The highest BCUT2D eigenvalue weighted by Gasteiger charge is 2.23. The molecule has 0 bridgehead atoms. The first kappa shape index (κ1) is 25.1. The molecule has 0 amide bonds. The summed E-state index contributed by atoms with van der Waals surface area (Å²) in [5.41, 5.74) is 10.5. The van der Waals surface area contributed by atoms with Crippen LogP contribution in [0.3, 0.4) is 0 Å². The molecule has 184 valence electrons. The summed E-state index contributed by atoms with van der Waals surface area (Å²) >= 11 is 3.45. The van der Waals surface area contributed by atoms with Crippen molar-refractivity contribution in [2.75, 3.05) is 25.0 Å². The van der Waals surface area contributed by atoms with E-state index in [0.29, 0.717) is 18.7 Å². The minimum Gasteiger partial charge on any atom is -0.353 e. The number of piperidine rings is 1. The van der Waals surface area contributed by atoms with Crippen molar-refractivity contribution in [3.63, 3.8) is 0 Å². The number of nitrogens with one attached hydrogen (secondary N) is 1. The number of benzene rings is 1. The number of hydrogen-bond donors (Lipinski definition) is 2. The number of fused-ring (bicyclic) bond motifs is 1. The van der Waals surface area contributed by atoms with Gasteiger partial charge in [0.05, 0.1) is 22.8 Å². The number of likely N-dealkylation sites (tertiary alicyclic amines) is 1. The van der Waals surface area contributed by atoms with Gasteiger partial charge in [-0.3, -0.25) is 4.57 Å². The normalized spacial score (nSPS) is 17.4. The monoisotopic (exact) mass is 528 g/mol. The average Bonchev–Trinajstić information content (AvgIpc) is 3.17. The van der Waals surface area contributed by atoms with Crippen LogP contribution in [0, 0.1) is 12.8 Å². The molecule has 4 rings (SSSR count). The predicted molar refractivity (Wildman–Crippen MR) is 142 cm³/mol. The summed E-state index contributed by atoms with van der Waals surface area (Å²) in [6, 6.07) is 12.8. The Kier molecular flexibility index (Phi) is 8.24. The number of halogens is 1. The van der Waals surface area contributed by atoms with E-state index >= 15 is 0 Å². The maximum Gasteiger partial charge on any atom is 0.206 e. The van der Waals surface area contributed by atoms with Crippen LogP contribution < -0.4 is 11.1 Å². The Morgan fingerprint density at radius 1 is 1.12 bits per heavy atom. The van der Waals surface area contributed by atoms with Crippen molar-refractivity contribution in [2.24, 2.45) is 11.7 Å². The van der Waals surface area contributed by atoms with E-state index in [0.717, 1.165) is 59.8 Å². The van der Waals surface area contributed by atoms with E-state index in [9.17, 15) is 0 Å². The predicted octanol–water partition coefficient (Wildman–Crippen LogP) is 5.10. The molecule has 0 spiro atoms. The lowest BCUT2D eigenvalue weighted by molar-refractivity contribution is 0.0171. The zero-order valence-electron chi connectivity index (χ0n) is 20.7. The summed E-state index contributed by atoms with van der Waals surface area (Å²) in [6.07, 6.45) is 2.01. The van der Waals surface area contributed by atoms with E-state index < -0.39 is 0 Å². The van der Waals surface area contributed by atoms with E-state index in [1.165, 1.54) is 5.56 Å². The first-order valence-electron chi connectivity index (χ1n) is 12.3. The molecule has 1 aromatic carbocycles. The third kappa shape index (κ3) is 5.97. The van der Waals surface area contributed by atoms with E-state index in [4.69, 9.17) is 15.5 Å². The first-order valence-corrected chi connectivity index (χ1v) is 13.1. The molecule has 2 unspecified atom stereocenters. The van der Waals surface area contributed by atoms with Crippen LogP contribution >= 0.6 is 15.9 Å². The molecule has 1 aliphatic rings. The quantitative estimate of drug-likeness (QED) is 0.376. The topological polar surface area (TPSA) is 81.2 Å². The summed E-state index contributed by atoms with van der Waals surface area (Å²) < 4.78 is 9.23. The second kappa shape index (κ2) is 11.2. The molecule has 1 aliphatic heterocycles. The van der Waals surface area contributed by atoms with Crippen LogP contribution in [0.25, 0.3) is 11.0 Å². The first-order chi connectivity index (χ1) is 16.3. The average molecular weight is 530 g/mol. The number of aromatic nitrogens is 3. The van der Waals surface area contributed by atoms with Gasteiger partial charge >= 0.3 is 0 Å². The second-order valence-corrected chi connectivity index (χ2v) is 10.6. The Labute approximate surface area is 211 Å². The Bertz CT molecular complexity index is 1090. The number of nitrogens with two attached hydrogens (primary N) is 1. The van der Waals surface area contributed by atoms with Crippen LogP contribution in [0.5, 0.6) is 0 Å². The molecule has 3 heterocycles. The third-order valence-corrected chi connectivity index (χ3v) is 7.28. The minimum atomic E-state index is -0.138. The zero-order valence-corrected chi connectivity index (χ0v) is 22.3. The van der Waals surface area contributed by atoms with Gasteiger partial charge in [0, 0.05) is 31.7 Å². The number of anilines is 1. The lowest BCUT2D eigenvalue weighted by atomic mass is 10.0. The van der Waals surface area contributed by atoms with Crippen molar-refractivity contribution >= 4 is 32.9 Å². The van der Waals surface area contributed by atoms with Gasteiger partial charge in [0.2, 0.25) is 5.95 Å². The second-order valence-electron chi connectivity index (χ2n) is 9.76. The van der Waals surface area contributed by atoms with Crippen molar-refractivity contribution in [2.45, 2.75) is 65.5 Å². The third-order valence-electron chi connectivity index (χ3n) is 6.83. The fourth-order valence-corrected chi connectivity index (χ4v) is 4.76. The zero-order chi connectivity index (χ0) is 24.2. The SMILES string of the molecule is Cc1cccc2c1nc(NC1CCN(CC(N)C(C)C)CC1)n2COC(C)c1cccc(Br)n1. The fourth-order valence-electron chi connectivity index (χ4n) is 4.40. The van der Waals surface area contributed by atoms with Gasteiger partial charge in [-0.1, -0.05) is 32.0 Å². The van der Waals surface area contributed by atoms with Crippen LogP contribution in [0.15, 0.2) is 41.0 Å². The number of nitrogens with zero attached hydrogens (tertiary/aromatic N) is 4. The van der Waals surface area contributed by atoms with Gasteiger partial charge in [0.25, 0.3) is 0 Å². The number of para-hydroxylation sites is 1. The smallest absolute Gasteiger partial charge is 0.206 e. The molecule has 2 aromatic heterocycles. The molecular formula is C26H37BrN6O. The van der Waals surface area contributed by atoms with Crippen molar-refractivity contribution in [3.05, 3.63) is 52.3 Å². The number of hydrogen-bond acceptors (Lipinski definition) is 6. The number of rotatable bonds is 9. The molecule has 3 N–H and O–H groups in total. The van der Waals surface area contributed by atoms with Gasteiger partial charge in [-0.2, -0.15) is 0 Å². The highest BCUT2D eigenvalue weighted by molar-refractivity contribution is 9.10. The lowest BCUT2D eigenvalue weighted by Gasteiger charge is -2.34.